The fraction of sp³-hybridized carbons (Fsp3) is 0.263. The Morgan fingerprint density at radius 3 is 2.57 bits per heavy atom. The van der Waals surface area contributed by atoms with Crippen LogP contribution in [0.1, 0.15) is 11.1 Å². The summed E-state index contributed by atoms with van der Waals surface area (Å²) in [5, 5.41) is 0. The maximum absolute atomic E-state index is 5.63. The molecule has 0 unspecified atom stereocenters. The van der Waals surface area contributed by atoms with Crippen LogP contribution in [0, 0.1) is 0 Å². The third-order valence-corrected chi connectivity index (χ3v) is 4.19. The molecule has 3 nitrogen and oxygen atoms in total. The largest absolute Gasteiger partial charge is 0.486 e. The fourth-order valence-electron chi connectivity index (χ4n) is 2.50. The smallest absolute Gasteiger partial charge is 0.161 e. The van der Waals surface area contributed by atoms with Crippen molar-refractivity contribution in [3.05, 3.63) is 64.1 Å². The van der Waals surface area contributed by atoms with E-state index in [1.807, 2.05) is 6.07 Å². The van der Waals surface area contributed by atoms with Gasteiger partial charge in [-0.05, 0) is 42.4 Å². The Kier molecular flexibility index (Phi) is 5.36. The molecular weight excluding hydrogens is 354 g/mol. The van der Waals surface area contributed by atoms with Crippen molar-refractivity contribution in [3.63, 3.8) is 0 Å². The molecule has 3 rings (SSSR count). The molecule has 0 fully saturated rings. The van der Waals surface area contributed by atoms with Gasteiger partial charge in [-0.3, -0.25) is 4.90 Å². The first kappa shape index (κ1) is 16.1. The Labute approximate surface area is 145 Å². The quantitative estimate of drug-likeness (QED) is 0.776. The molecule has 0 bridgehead atoms. The minimum Gasteiger partial charge on any atom is -0.486 e. The highest BCUT2D eigenvalue weighted by Crippen LogP contribution is 2.31. The molecule has 23 heavy (non-hydrogen) atoms. The van der Waals surface area contributed by atoms with E-state index >= 15 is 0 Å². The molecule has 0 saturated heterocycles. The molecule has 0 atom stereocenters. The fourth-order valence-corrected chi connectivity index (χ4v) is 2.77. The van der Waals surface area contributed by atoms with E-state index in [9.17, 15) is 0 Å². The summed E-state index contributed by atoms with van der Waals surface area (Å²) in [6, 6.07) is 14.5. The molecular formula is C19H20BrNO2. The highest BCUT2D eigenvalue weighted by atomic mass is 79.9. The van der Waals surface area contributed by atoms with Gasteiger partial charge in [0, 0.05) is 17.6 Å². The van der Waals surface area contributed by atoms with Gasteiger partial charge in [-0.1, -0.05) is 46.3 Å². The van der Waals surface area contributed by atoms with E-state index < -0.39 is 0 Å². The van der Waals surface area contributed by atoms with Gasteiger partial charge >= 0.3 is 0 Å². The lowest BCUT2D eigenvalue weighted by molar-refractivity contribution is 0.171. The summed E-state index contributed by atoms with van der Waals surface area (Å²) < 4.78 is 12.3. The molecule has 0 amide bonds. The van der Waals surface area contributed by atoms with Crippen LogP contribution in [0.15, 0.2) is 53.0 Å². The van der Waals surface area contributed by atoms with Crippen molar-refractivity contribution in [2.24, 2.45) is 0 Å². The Morgan fingerprint density at radius 1 is 1.04 bits per heavy atom. The molecule has 1 aliphatic rings. The van der Waals surface area contributed by atoms with Crippen LogP contribution in [0.5, 0.6) is 11.5 Å². The van der Waals surface area contributed by atoms with Crippen LogP contribution in [0.25, 0.3) is 6.08 Å². The van der Waals surface area contributed by atoms with Gasteiger partial charge in [-0.25, -0.2) is 0 Å². The van der Waals surface area contributed by atoms with E-state index in [4.69, 9.17) is 9.47 Å². The molecule has 0 radical (unpaired) electrons. The van der Waals surface area contributed by atoms with Crippen LogP contribution < -0.4 is 9.47 Å². The summed E-state index contributed by atoms with van der Waals surface area (Å²) in [4.78, 5) is 2.26. The van der Waals surface area contributed by atoms with Gasteiger partial charge in [-0.2, -0.15) is 0 Å². The summed E-state index contributed by atoms with van der Waals surface area (Å²) in [5.74, 6) is 1.70. The second-order valence-electron chi connectivity index (χ2n) is 5.63. The zero-order chi connectivity index (χ0) is 16.1. The van der Waals surface area contributed by atoms with E-state index in [-0.39, 0.29) is 0 Å². The van der Waals surface area contributed by atoms with Crippen LogP contribution in [0.2, 0.25) is 0 Å². The minimum absolute atomic E-state index is 0.627. The zero-order valence-corrected chi connectivity index (χ0v) is 14.8. The first-order chi connectivity index (χ1) is 11.2. The molecule has 120 valence electrons. The normalized spacial score (nSPS) is 13.7. The van der Waals surface area contributed by atoms with Crippen molar-refractivity contribution >= 4 is 22.0 Å². The standard InChI is InChI=1S/C19H20BrNO2/c1-21(10-2-3-15-4-7-17(20)8-5-15)14-16-6-9-18-19(13-16)23-12-11-22-18/h2-9,13H,10-12,14H2,1H3/b3-2+. The lowest BCUT2D eigenvalue weighted by atomic mass is 10.2. The summed E-state index contributed by atoms with van der Waals surface area (Å²) in [5.41, 5.74) is 2.44. The maximum Gasteiger partial charge on any atom is 0.161 e. The minimum atomic E-state index is 0.627. The monoisotopic (exact) mass is 373 g/mol. The number of likely N-dealkylation sites (N-methyl/N-ethyl adjacent to an activating group) is 1. The van der Waals surface area contributed by atoms with Gasteiger partial charge in [-0.15, -0.1) is 0 Å². The number of ether oxygens (including phenoxy) is 2. The highest BCUT2D eigenvalue weighted by molar-refractivity contribution is 9.10. The van der Waals surface area contributed by atoms with Crippen LogP contribution >= 0.6 is 15.9 Å². The Morgan fingerprint density at radius 2 is 1.78 bits per heavy atom. The maximum atomic E-state index is 5.63. The van der Waals surface area contributed by atoms with Crippen LogP contribution in [-0.2, 0) is 6.54 Å². The van der Waals surface area contributed by atoms with Crippen LogP contribution in [0.4, 0.5) is 0 Å². The Bertz CT molecular complexity index is 682. The summed E-state index contributed by atoms with van der Waals surface area (Å²) >= 11 is 3.45. The second kappa shape index (κ2) is 7.66. The second-order valence-corrected chi connectivity index (χ2v) is 6.54. The number of benzene rings is 2. The molecule has 0 N–H and O–H groups in total. The number of hydrogen-bond acceptors (Lipinski definition) is 3. The van der Waals surface area contributed by atoms with E-state index in [0.29, 0.717) is 13.2 Å². The third kappa shape index (κ3) is 4.60. The number of halogens is 1. The average Bonchev–Trinajstić information content (AvgIpc) is 2.56. The SMILES string of the molecule is CN(C/C=C/c1ccc(Br)cc1)Cc1ccc2c(c1)OCCO2. The van der Waals surface area contributed by atoms with Crippen molar-refractivity contribution in [1.82, 2.24) is 4.90 Å². The lowest BCUT2D eigenvalue weighted by Gasteiger charge is -2.20. The molecule has 2 aromatic carbocycles. The molecule has 1 heterocycles. The molecule has 0 aliphatic carbocycles. The van der Waals surface area contributed by atoms with E-state index in [2.05, 4.69) is 76.4 Å². The molecule has 0 aromatic heterocycles. The van der Waals surface area contributed by atoms with Gasteiger partial charge in [0.25, 0.3) is 0 Å². The third-order valence-electron chi connectivity index (χ3n) is 3.66. The Hall–Kier alpha value is -1.78. The predicted octanol–water partition coefficient (Wildman–Crippen LogP) is 4.37. The van der Waals surface area contributed by atoms with E-state index in [1.165, 1.54) is 11.1 Å². The van der Waals surface area contributed by atoms with Crippen molar-refractivity contribution in [3.8, 4) is 11.5 Å². The van der Waals surface area contributed by atoms with Crippen LogP contribution in [0.3, 0.4) is 0 Å². The predicted molar refractivity (Wildman–Crippen MR) is 96.9 cm³/mol. The summed E-state index contributed by atoms with van der Waals surface area (Å²) in [6.07, 6.45) is 4.33. The first-order valence-electron chi connectivity index (χ1n) is 7.70. The highest BCUT2D eigenvalue weighted by Gasteiger charge is 2.12. The molecule has 4 heteroatoms. The topological polar surface area (TPSA) is 21.7 Å². The van der Waals surface area contributed by atoms with E-state index in [0.717, 1.165) is 29.1 Å². The van der Waals surface area contributed by atoms with Gasteiger partial charge in [0.15, 0.2) is 11.5 Å². The summed E-state index contributed by atoms with van der Waals surface area (Å²) in [6.45, 7) is 3.03. The number of nitrogens with zero attached hydrogens (tertiary/aromatic N) is 1. The average molecular weight is 374 g/mol. The first-order valence-corrected chi connectivity index (χ1v) is 8.49. The molecule has 1 aliphatic heterocycles. The van der Waals surface area contributed by atoms with Crippen molar-refractivity contribution in [2.75, 3.05) is 26.8 Å². The van der Waals surface area contributed by atoms with Gasteiger partial charge in [0.2, 0.25) is 0 Å². The molecule has 0 spiro atoms. The van der Waals surface area contributed by atoms with Gasteiger partial charge < -0.3 is 9.47 Å². The van der Waals surface area contributed by atoms with E-state index in [1.54, 1.807) is 0 Å². The summed E-state index contributed by atoms with van der Waals surface area (Å²) in [7, 11) is 2.11. The Balaban J connectivity index is 1.54. The molecule has 2 aromatic rings. The van der Waals surface area contributed by atoms with Crippen molar-refractivity contribution in [2.45, 2.75) is 6.54 Å². The zero-order valence-electron chi connectivity index (χ0n) is 13.2. The number of rotatable bonds is 5. The number of hydrogen-bond donors (Lipinski definition) is 0. The number of fused-ring (bicyclic) bond motifs is 1. The molecule has 0 saturated carbocycles. The van der Waals surface area contributed by atoms with Gasteiger partial charge in [0.05, 0.1) is 0 Å². The van der Waals surface area contributed by atoms with Crippen LogP contribution in [-0.4, -0.2) is 31.7 Å². The lowest BCUT2D eigenvalue weighted by Crippen LogP contribution is -2.19. The van der Waals surface area contributed by atoms with Crippen molar-refractivity contribution in [1.29, 1.82) is 0 Å². The van der Waals surface area contributed by atoms with Gasteiger partial charge in [0.1, 0.15) is 13.2 Å². The van der Waals surface area contributed by atoms with Crippen molar-refractivity contribution < 1.29 is 9.47 Å².